The topological polar surface area (TPSA) is 15.7 Å². The zero-order chi connectivity index (χ0) is 13.7. The van der Waals surface area contributed by atoms with Crippen molar-refractivity contribution in [1.29, 1.82) is 0 Å². The third-order valence-electron chi connectivity index (χ3n) is 4.73. The number of hydrogen-bond acceptors (Lipinski definition) is 3. The van der Waals surface area contributed by atoms with Crippen molar-refractivity contribution in [3.63, 3.8) is 0 Å². The van der Waals surface area contributed by atoms with Gasteiger partial charge in [0.15, 0.2) is 0 Å². The molecule has 4 heteroatoms. The Kier molecular flexibility index (Phi) is 6.12. The van der Waals surface area contributed by atoms with E-state index < -0.39 is 0 Å². The first kappa shape index (κ1) is 15.7. The van der Waals surface area contributed by atoms with E-state index >= 15 is 0 Å². The monoisotopic (exact) mass is 332 g/mol. The number of likely N-dealkylation sites (tertiary alicyclic amines) is 1. The maximum Gasteiger partial charge on any atom is 0.0472 e. The first-order chi connectivity index (χ1) is 9.13. The third kappa shape index (κ3) is 4.69. The second kappa shape index (κ2) is 7.39. The number of hydrogen-bond donors (Lipinski definition) is 0. The molecule has 0 aromatic rings. The van der Waals surface area contributed by atoms with Gasteiger partial charge in [0.1, 0.15) is 0 Å². The highest BCUT2D eigenvalue weighted by Crippen LogP contribution is 2.34. The Morgan fingerprint density at radius 2 is 1.84 bits per heavy atom. The highest BCUT2D eigenvalue weighted by molar-refractivity contribution is 9.09. The minimum Gasteiger partial charge on any atom is -0.381 e. The van der Waals surface area contributed by atoms with E-state index in [2.05, 4.69) is 39.8 Å². The Morgan fingerprint density at radius 1 is 1.21 bits per heavy atom. The van der Waals surface area contributed by atoms with Crippen LogP contribution in [0.15, 0.2) is 0 Å². The fraction of sp³-hybridized carbons (Fsp3) is 1.00. The van der Waals surface area contributed by atoms with E-state index in [0.29, 0.717) is 5.41 Å². The van der Waals surface area contributed by atoms with E-state index in [4.69, 9.17) is 4.74 Å². The molecule has 0 bridgehead atoms. The highest BCUT2D eigenvalue weighted by Gasteiger charge is 2.34. The lowest BCUT2D eigenvalue weighted by Gasteiger charge is -2.42. The van der Waals surface area contributed by atoms with Crippen LogP contribution in [0.5, 0.6) is 0 Å². The Hall–Kier alpha value is 0.360. The number of piperidine rings is 1. The van der Waals surface area contributed by atoms with E-state index in [1.807, 2.05) is 0 Å². The summed E-state index contributed by atoms with van der Waals surface area (Å²) in [4.78, 5) is 5.03. The smallest absolute Gasteiger partial charge is 0.0472 e. The molecule has 112 valence electrons. The van der Waals surface area contributed by atoms with Crippen LogP contribution in [0, 0.1) is 11.3 Å². The molecule has 2 saturated heterocycles. The van der Waals surface area contributed by atoms with Gasteiger partial charge in [-0.05, 0) is 64.2 Å². The first-order valence-electron chi connectivity index (χ1n) is 7.64. The Balaban J connectivity index is 1.77. The van der Waals surface area contributed by atoms with Crippen molar-refractivity contribution in [1.82, 2.24) is 9.80 Å². The number of ether oxygens (including phenoxy) is 1. The van der Waals surface area contributed by atoms with Crippen molar-refractivity contribution in [2.75, 3.05) is 58.8 Å². The molecule has 0 amide bonds. The molecule has 0 saturated carbocycles. The summed E-state index contributed by atoms with van der Waals surface area (Å²) in [6, 6.07) is 0. The summed E-state index contributed by atoms with van der Waals surface area (Å²) in [5, 5.41) is 1.13. The SMILES string of the molecule is CN(C)CC1CCN(CC2(CBr)CCOCC2)CC1. The van der Waals surface area contributed by atoms with Crippen LogP contribution in [-0.2, 0) is 4.74 Å². The summed E-state index contributed by atoms with van der Waals surface area (Å²) in [6.07, 6.45) is 5.17. The van der Waals surface area contributed by atoms with E-state index in [1.54, 1.807) is 0 Å². The van der Waals surface area contributed by atoms with Gasteiger partial charge < -0.3 is 14.5 Å². The van der Waals surface area contributed by atoms with Gasteiger partial charge in [-0.25, -0.2) is 0 Å². The lowest BCUT2D eigenvalue weighted by atomic mass is 9.81. The molecule has 2 rings (SSSR count). The van der Waals surface area contributed by atoms with Crippen molar-refractivity contribution in [2.45, 2.75) is 25.7 Å². The van der Waals surface area contributed by atoms with Crippen LogP contribution in [0.1, 0.15) is 25.7 Å². The summed E-state index contributed by atoms with van der Waals surface area (Å²) in [6.45, 7) is 6.98. The maximum absolute atomic E-state index is 5.53. The maximum atomic E-state index is 5.53. The van der Waals surface area contributed by atoms with Crippen molar-refractivity contribution in [3.8, 4) is 0 Å². The second-order valence-electron chi connectivity index (χ2n) is 6.73. The Morgan fingerprint density at radius 3 is 2.37 bits per heavy atom. The van der Waals surface area contributed by atoms with Crippen molar-refractivity contribution < 1.29 is 4.74 Å². The van der Waals surface area contributed by atoms with Gasteiger partial charge >= 0.3 is 0 Å². The van der Waals surface area contributed by atoms with Crippen molar-refractivity contribution >= 4 is 15.9 Å². The predicted molar refractivity (Wildman–Crippen MR) is 84.0 cm³/mol. The Labute approximate surface area is 126 Å². The standard InChI is InChI=1S/C15H29BrN2O/c1-17(2)11-14-3-7-18(8-4-14)13-15(12-16)5-9-19-10-6-15/h14H,3-13H2,1-2H3. The average Bonchev–Trinajstić information content (AvgIpc) is 2.41. The van der Waals surface area contributed by atoms with Gasteiger partial charge in [0.2, 0.25) is 0 Å². The number of halogens is 1. The molecular formula is C15H29BrN2O. The van der Waals surface area contributed by atoms with E-state index in [9.17, 15) is 0 Å². The van der Waals surface area contributed by atoms with Crippen LogP contribution in [0.25, 0.3) is 0 Å². The zero-order valence-corrected chi connectivity index (χ0v) is 14.1. The predicted octanol–water partition coefficient (Wildman–Crippen LogP) is 2.45. The molecule has 2 fully saturated rings. The lowest BCUT2D eigenvalue weighted by Crippen LogP contribution is -2.46. The molecule has 0 atom stereocenters. The molecule has 19 heavy (non-hydrogen) atoms. The summed E-state index contributed by atoms with van der Waals surface area (Å²) >= 11 is 3.75. The van der Waals surface area contributed by atoms with Gasteiger partial charge in [-0.3, -0.25) is 0 Å². The van der Waals surface area contributed by atoms with E-state index in [0.717, 1.165) is 24.5 Å². The van der Waals surface area contributed by atoms with Crippen LogP contribution in [0.3, 0.4) is 0 Å². The quantitative estimate of drug-likeness (QED) is 0.719. The summed E-state index contributed by atoms with van der Waals surface area (Å²) in [7, 11) is 4.38. The van der Waals surface area contributed by atoms with Crippen molar-refractivity contribution in [3.05, 3.63) is 0 Å². The highest BCUT2D eigenvalue weighted by atomic mass is 79.9. The third-order valence-corrected chi connectivity index (χ3v) is 5.92. The van der Waals surface area contributed by atoms with Crippen LogP contribution in [0.4, 0.5) is 0 Å². The summed E-state index contributed by atoms with van der Waals surface area (Å²) < 4.78 is 5.53. The molecule has 2 aliphatic rings. The Bertz CT molecular complexity index is 259. The fourth-order valence-corrected chi connectivity index (χ4v) is 4.19. The second-order valence-corrected chi connectivity index (χ2v) is 7.29. The number of alkyl halides is 1. The first-order valence-corrected chi connectivity index (χ1v) is 8.76. The van der Waals surface area contributed by atoms with E-state index in [1.165, 1.54) is 51.9 Å². The minimum absolute atomic E-state index is 0.465. The summed E-state index contributed by atoms with van der Waals surface area (Å²) in [5.74, 6) is 0.904. The normalized spacial score (nSPS) is 25.9. The fourth-order valence-electron chi connectivity index (χ4n) is 3.46. The van der Waals surface area contributed by atoms with Crippen LogP contribution >= 0.6 is 15.9 Å². The lowest BCUT2D eigenvalue weighted by molar-refractivity contribution is 0.00199. The molecule has 0 aliphatic carbocycles. The zero-order valence-electron chi connectivity index (χ0n) is 12.5. The molecule has 2 heterocycles. The molecule has 0 aromatic heterocycles. The molecule has 0 spiro atoms. The minimum atomic E-state index is 0.465. The van der Waals surface area contributed by atoms with Gasteiger partial charge in [0, 0.05) is 31.6 Å². The van der Waals surface area contributed by atoms with Crippen LogP contribution in [-0.4, -0.2) is 68.6 Å². The van der Waals surface area contributed by atoms with Gasteiger partial charge in [-0.1, -0.05) is 15.9 Å². The van der Waals surface area contributed by atoms with Gasteiger partial charge in [0.05, 0.1) is 0 Å². The molecule has 0 N–H and O–H groups in total. The largest absolute Gasteiger partial charge is 0.381 e. The molecule has 0 unspecified atom stereocenters. The molecule has 2 aliphatic heterocycles. The molecule has 0 radical (unpaired) electrons. The molecular weight excluding hydrogens is 304 g/mol. The molecule has 0 aromatic carbocycles. The average molecular weight is 333 g/mol. The summed E-state index contributed by atoms with van der Waals surface area (Å²) in [5.41, 5.74) is 0.465. The van der Waals surface area contributed by atoms with Gasteiger partial charge in [0.25, 0.3) is 0 Å². The number of nitrogens with zero attached hydrogens (tertiary/aromatic N) is 2. The van der Waals surface area contributed by atoms with E-state index in [-0.39, 0.29) is 0 Å². The van der Waals surface area contributed by atoms with Gasteiger partial charge in [-0.2, -0.15) is 0 Å². The molecule has 3 nitrogen and oxygen atoms in total. The number of rotatable bonds is 5. The van der Waals surface area contributed by atoms with Crippen molar-refractivity contribution in [2.24, 2.45) is 11.3 Å². The van der Waals surface area contributed by atoms with Crippen LogP contribution in [0.2, 0.25) is 0 Å². The van der Waals surface area contributed by atoms with Crippen LogP contribution < -0.4 is 0 Å². The van der Waals surface area contributed by atoms with Gasteiger partial charge in [-0.15, -0.1) is 0 Å².